The van der Waals surface area contributed by atoms with Gasteiger partial charge < -0.3 is 5.73 Å². The van der Waals surface area contributed by atoms with E-state index in [9.17, 15) is 4.39 Å². The van der Waals surface area contributed by atoms with Gasteiger partial charge >= 0.3 is 0 Å². The summed E-state index contributed by atoms with van der Waals surface area (Å²) in [5, 5.41) is 0.161. The van der Waals surface area contributed by atoms with Crippen LogP contribution in [0.25, 0.3) is 0 Å². The number of halogens is 2. The molecule has 0 heterocycles. The Hall–Kier alpha value is -0.600. The summed E-state index contributed by atoms with van der Waals surface area (Å²) in [5.74, 6) is 0.392. The summed E-state index contributed by atoms with van der Waals surface area (Å²) in [6.45, 7) is 0. The topological polar surface area (TPSA) is 26.0 Å². The van der Waals surface area contributed by atoms with E-state index in [0.29, 0.717) is 0 Å². The minimum absolute atomic E-state index is 0.000556. The molecule has 0 bridgehead atoms. The number of rotatable bonds is 3. The lowest BCUT2D eigenvalue weighted by atomic mass is 10.0. The van der Waals surface area contributed by atoms with Gasteiger partial charge in [-0.05, 0) is 30.0 Å². The van der Waals surface area contributed by atoms with E-state index in [1.807, 2.05) is 0 Å². The molecule has 1 saturated carbocycles. The predicted octanol–water partition coefficient (Wildman–Crippen LogP) is 3.28. The molecule has 1 aromatic carbocycles. The molecule has 0 radical (unpaired) electrons. The van der Waals surface area contributed by atoms with Gasteiger partial charge in [-0.3, -0.25) is 0 Å². The Morgan fingerprint density at radius 1 is 1.50 bits per heavy atom. The third-order valence-corrected chi connectivity index (χ3v) is 2.95. The minimum Gasteiger partial charge on any atom is -0.324 e. The van der Waals surface area contributed by atoms with Crippen molar-refractivity contribution in [3.63, 3.8) is 0 Å². The molecule has 1 aromatic rings. The second kappa shape index (κ2) is 3.87. The van der Waals surface area contributed by atoms with Crippen molar-refractivity contribution >= 4 is 11.6 Å². The molecule has 1 aliphatic rings. The molecule has 0 spiro atoms. The van der Waals surface area contributed by atoms with Crippen LogP contribution in [0.3, 0.4) is 0 Å². The van der Waals surface area contributed by atoms with Crippen LogP contribution in [0.5, 0.6) is 0 Å². The molecule has 0 amide bonds. The lowest BCUT2D eigenvalue weighted by molar-refractivity contribution is 0.591. The van der Waals surface area contributed by atoms with Gasteiger partial charge in [0.25, 0.3) is 0 Å². The molecule has 0 unspecified atom stereocenters. The Morgan fingerprint density at radius 3 is 2.79 bits per heavy atom. The summed E-state index contributed by atoms with van der Waals surface area (Å²) in [6, 6.07) is 4.73. The summed E-state index contributed by atoms with van der Waals surface area (Å²) in [6.07, 6.45) is 3.55. The first-order valence-corrected chi connectivity index (χ1v) is 5.25. The Morgan fingerprint density at radius 2 is 2.21 bits per heavy atom. The fourth-order valence-corrected chi connectivity index (χ4v) is 1.78. The van der Waals surface area contributed by atoms with E-state index in [0.717, 1.165) is 17.9 Å². The van der Waals surface area contributed by atoms with Gasteiger partial charge in [0.05, 0.1) is 5.02 Å². The average molecular weight is 214 g/mol. The van der Waals surface area contributed by atoms with Crippen LogP contribution in [0.4, 0.5) is 4.39 Å². The van der Waals surface area contributed by atoms with Crippen molar-refractivity contribution in [3.05, 3.63) is 34.6 Å². The summed E-state index contributed by atoms with van der Waals surface area (Å²) in [5.41, 5.74) is 6.91. The van der Waals surface area contributed by atoms with Crippen LogP contribution < -0.4 is 5.73 Å². The molecule has 1 fully saturated rings. The fourth-order valence-electron chi connectivity index (χ4n) is 1.59. The highest BCUT2D eigenvalue weighted by molar-refractivity contribution is 6.30. The van der Waals surface area contributed by atoms with E-state index < -0.39 is 0 Å². The smallest absolute Gasteiger partial charge is 0.141 e. The largest absolute Gasteiger partial charge is 0.324 e. The molecule has 2 N–H and O–H groups in total. The van der Waals surface area contributed by atoms with Gasteiger partial charge in [0.2, 0.25) is 0 Å². The Balaban J connectivity index is 2.10. The number of hydrogen-bond donors (Lipinski definition) is 1. The number of hydrogen-bond acceptors (Lipinski definition) is 1. The van der Waals surface area contributed by atoms with Crippen LogP contribution >= 0.6 is 11.6 Å². The summed E-state index contributed by atoms with van der Waals surface area (Å²) in [4.78, 5) is 0. The van der Waals surface area contributed by atoms with Gasteiger partial charge in [-0.25, -0.2) is 4.39 Å². The first kappa shape index (κ1) is 9.94. The maximum atomic E-state index is 12.9. The van der Waals surface area contributed by atoms with Gasteiger partial charge in [-0.1, -0.05) is 30.5 Å². The van der Waals surface area contributed by atoms with Gasteiger partial charge in [0.15, 0.2) is 0 Å². The van der Waals surface area contributed by atoms with Crippen molar-refractivity contribution in [1.29, 1.82) is 0 Å². The van der Waals surface area contributed by atoms with Crippen LogP contribution in [0.15, 0.2) is 18.2 Å². The molecule has 1 aliphatic carbocycles. The molecule has 0 aliphatic heterocycles. The van der Waals surface area contributed by atoms with Crippen LogP contribution in [0.2, 0.25) is 5.02 Å². The zero-order valence-electron chi connectivity index (χ0n) is 7.84. The van der Waals surface area contributed by atoms with Gasteiger partial charge in [0, 0.05) is 6.04 Å². The van der Waals surface area contributed by atoms with Crippen LogP contribution in [-0.4, -0.2) is 0 Å². The Labute approximate surface area is 88.1 Å². The highest BCUT2D eigenvalue weighted by Crippen LogP contribution is 2.37. The number of benzene rings is 1. The third kappa shape index (κ3) is 2.25. The van der Waals surface area contributed by atoms with Crippen molar-refractivity contribution in [2.24, 2.45) is 11.7 Å². The summed E-state index contributed by atoms with van der Waals surface area (Å²) in [7, 11) is 0. The standard InChI is InChI=1S/C11H13ClFN/c12-9-6-8(3-4-10(9)13)11(14)5-7-1-2-7/h3-4,6-7,11H,1-2,5,14H2/t11-/m1/s1. The van der Waals surface area contributed by atoms with Gasteiger partial charge in [-0.2, -0.15) is 0 Å². The van der Waals surface area contributed by atoms with Gasteiger partial charge in [0.1, 0.15) is 5.82 Å². The SMILES string of the molecule is N[C@H](CC1CC1)c1ccc(F)c(Cl)c1. The van der Waals surface area contributed by atoms with E-state index in [1.165, 1.54) is 18.9 Å². The average Bonchev–Trinajstić information content (AvgIpc) is 2.93. The molecule has 2 rings (SSSR count). The molecular formula is C11H13ClFN. The highest BCUT2D eigenvalue weighted by Gasteiger charge is 2.24. The first-order chi connectivity index (χ1) is 6.66. The number of nitrogens with two attached hydrogens (primary N) is 1. The second-order valence-electron chi connectivity index (χ2n) is 3.96. The zero-order chi connectivity index (χ0) is 10.1. The normalized spacial score (nSPS) is 18.2. The first-order valence-electron chi connectivity index (χ1n) is 4.87. The van der Waals surface area contributed by atoms with Crippen LogP contribution in [0.1, 0.15) is 30.9 Å². The van der Waals surface area contributed by atoms with Crippen molar-refractivity contribution in [2.75, 3.05) is 0 Å². The Bertz CT molecular complexity index is 336. The molecule has 0 saturated heterocycles. The fraction of sp³-hybridized carbons (Fsp3) is 0.455. The third-order valence-electron chi connectivity index (χ3n) is 2.66. The molecule has 3 heteroatoms. The molecule has 14 heavy (non-hydrogen) atoms. The van der Waals surface area contributed by atoms with Crippen molar-refractivity contribution in [3.8, 4) is 0 Å². The zero-order valence-corrected chi connectivity index (χ0v) is 8.60. The molecule has 0 aromatic heterocycles. The summed E-state index contributed by atoms with van der Waals surface area (Å²) >= 11 is 5.68. The van der Waals surface area contributed by atoms with E-state index >= 15 is 0 Å². The lowest BCUT2D eigenvalue weighted by Gasteiger charge is -2.11. The maximum absolute atomic E-state index is 12.9. The monoisotopic (exact) mass is 213 g/mol. The molecule has 1 atom stereocenters. The summed E-state index contributed by atoms with van der Waals surface area (Å²) < 4.78 is 12.9. The van der Waals surface area contributed by atoms with Crippen molar-refractivity contribution < 1.29 is 4.39 Å². The van der Waals surface area contributed by atoms with Crippen molar-refractivity contribution in [2.45, 2.75) is 25.3 Å². The minimum atomic E-state index is -0.381. The molecular weight excluding hydrogens is 201 g/mol. The Kier molecular flexibility index (Phi) is 2.75. The predicted molar refractivity (Wildman–Crippen MR) is 55.7 cm³/mol. The van der Waals surface area contributed by atoms with E-state index in [4.69, 9.17) is 17.3 Å². The van der Waals surface area contributed by atoms with E-state index in [1.54, 1.807) is 12.1 Å². The second-order valence-corrected chi connectivity index (χ2v) is 4.37. The highest BCUT2D eigenvalue weighted by atomic mass is 35.5. The lowest BCUT2D eigenvalue weighted by Crippen LogP contribution is -2.10. The molecule has 76 valence electrons. The van der Waals surface area contributed by atoms with E-state index in [2.05, 4.69) is 0 Å². The molecule has 1 nitrogen and oxygen atoms in total. The van der Waals surface area contributed by atoms with E-state index in [-0.39, 0.29) is 16.9 Å². The maximum Gasteiger partial charge on any atom is 0.141 e. The van der Waals surface area contributed by atoms with Crippen LogP contribution in [0, 0.1) is 11.7 Å². The van der Waals surface area contributed by atoms with Crippen molar-refractivity contribution in [1.82, 2.24) is 0 Å². The quantitative estimate of drug-likeness (QED) is 0.820. The van der Waals surface area contributed by atoms with Gasteiger partial charge in [-0.15, -0.1) is 0 Å². The van der Waals surface area contributed by atoms with Crippen LogP contribution in [-0.2, 0) is 0 Å².